The highest BCUT2D eigenvalue weighted by atomic mass is 19.1. The second kappa shape index (κ2) is 8.63. The van der Waals surface area contributed by atoms with Crippen LogP contribution in [0.3, 0.4) is 0 Å². The van der Waals surface area contributed by atoms with Crippen LogP contribution in [0, 0.1) is 5.82 Å². The van der Waals surface area contributed by atoms with Gasteiger partial charge in [0.25, 0.3) is 5.91 Å². The van der Waals surface area contributed by atoms with Gasteiger partial charge in [-0.2, -0.15) is 0 Å². The zero-order chi connectivity index (χ0) is 17.5. The van der Waals surface area contributed by atoms with Crippen LogP contribution in [0.25, 0.3) is 0 Å². The molecule has 0 spiro atoms. The van der Waals surface area contributed by atoms with Gasteiger partial charge in [0.05, 0.1) is 6.54 Å². The van der Waals surface area contributed by atoms with Gasteiger partial charge in [-0.25, -0.2) is 4.39 Å². The lowest BCUT2D eigenvalue weighted by Gasteiger charge is -2.34. The topological polar surface area (TPSA) is 72.9 Å². The number of aromatic hydroxyl groups is 1. The second-order valence-electron chi connectivity index (χ2n) is 5.94. The molecule has 2 N–H and O–H groups in total. The molecule has 0 atom stereocenters. The molecule has 1 aliphatic heterocycles. The molecule has 1 aromatic carbocycles. The van der Waals surface area contributed by atoms with Crippen LogP contribution in [0.15, 0.2) is 18.2 Å². The van der Waals surface area contributed by atoms with Crippen molar-refractivity contribution >= 4 is 11.8 Å². The summed E-state index contributed by atoms with van der Waals surface area (Å²) in [6.07, 6.45) is 2.01. The fraction of sp³-hybridized carbons (Fsp3) is 0.529. The standard InChI is InChI=1S/C17H24FN3O3/c1-2-3-6-19-16(23)12-20-7-9-21(10-8-20)17(24)13-4-5-15(22)14(18)11-13/h4-5,11,22H,2-3,6-10,12H2,1H3,(H,19,23). The molecule has 2 amide bonds. The van der Waals surface area contributed by atoms with Crippen LogP contribution >= 0.6 is 0 Å². The van der Waals surface area contributed by atoms with Crippen molar-refractivity contribution in [3.63, 3.8) is 0 Å². The minimum absolute atomic E-state index is 0.00355. The first-order valence-electron chi connectivity index (χ1n) is 8.28. The number of nitrogens with zero attached hydrogens (tertiary/aromatic N) is 2. The van der Waals surface area contributed by atoms with Crippen molar-refractivity contribution in [2.75, 3.05) is 39.3 Å². The van der Waals surface area contributed by atoms with E-state index in [1.165, 1.54) is 12.1 Å². The van der Waals surface area contributed by atoms with Gasteiger partial charge in [0.2, 0.25) is 5.91 Å². The SMILES string of the molecule is CCCCNC(=O)CN1CCN(C(=O)c2ccc(O)c(F)c2)CC1. The van der Waals surface area contributed by atoms with Crippen molar-refractivity contribution in [2.24, 2.45) is 0 Å². The summed E-state index contributed by atoms with van der Waals surface area (Å²) in [5.74, 6) is -1.53. The van der Waals surface area contributed by atoms with Crippen LogP contribution in [0.1, 0.15) is 30.1 Å². The summed E-state index contributed by atoms with van der Waals surface area (Å²) in [6, 6.07) is 3.64. The zero-order valence-corrected chi connectivity index (χ0v) is 13.9. The summed E-state index contributed by atoms with van der Waals surface area (Å²) in [4.78, 5) is 27.8. The van der Waals surface area contributed by atoms with Crippen LogP contribution in [0.4, 0.5) is 4.39 Å². The molecule has 132 valence electrons. The van der Waals surface area contributed by atoms with Gasteiger partial charge in [0.1, 0.15) is 0 Å². The Hall–Kier alpha value is -2.15. The van der Waals surface area contributed by atoms with Crippen molar-refractivity contribution < 1.29 is 19.1 Å². The summed E-state index contributed by atoms with van der Waals surface area (Å²) < 4.78 is 13.4. The van der Waals surface area contributed by atoms with Gasteiger partial charge >= 0.3 is 0 Å². The Labute approximate surface area is 141 Å². The van der Waals surface area contributed by atoms with Gasteiger partial charge in [-0.15, -0.1) is 0 Å². The van der Waals surface area contributed by atoms with Crippen LogP contribution in [0.2, 0.25) is 0 Å². The Bertz CT molecular complexity index is 586. The van der Waals surface area contributed by atoms with E-state index in [9.17, 15) is 19.1 Å². The average molecular weight is 337 g/mol. The summed E-state index contributed by atoms with van der Waals surface area (Å²) in [6.45, 7) is 5.29. The first-order chi connectivity index (χ1) is 11.5. The van der Waals surface area contributed by atoms with E-state index in [-0.39, 0.29) is 17.4 Å². The number of hydrogen-bond donors (Lipinski definition) is 2. The molecule has 1 heterocycles. The van der Waals surface area contributed by atoms with E-state index in [4.69, 9.17) is 0 Å². The van der Waals surface area contributed by atoms with E-state index in [0.29, 0.717) is 39.3 Å². The highest BCUT2D eigenvalue weighted by Gasteiger charge is 2.23. The molecule has 0 saturated carbocycles. The third kappa shape index (κ3) is 4.92. The van der Waals surface area contributed by atoms with Crippen LogP contribution in [0.5, 0.6) is 5.75 Å². The number of phenols is 1. The van der Waals surface area contributed by atoms with Crippen molar-refractivity contribution in [3.8, 4) is 5.75 Å². The predicted octanol–water partition coefficient (Wildman–Crippen LogP) is 1.21. The highest BCUT2D eigenvalue weighted by molar-refractivity contribution is 5.94. The number of hydrogen-bond acceptors (Lipinski definition) is 4. The van der Waals surface area contributed by atoms with Crippen molar-refractivity contribution in [1.82, 2.24) is 15.1 Å². The van der Waals surface area contributed by atoms with Crippen molar-refractivity contribution in [2.45, 2.75) is 19.8 Å². The van der Waals surface area contributed by atoms with Crippen LogP contribution in [-0.2, 0) is 4.79 Å². The minimum atomic E-state index is -0.803. The number of rotatable bonds is 6. The van der Waals surface area contributed by atoms with Gasteiger partial charge in [-0.05, 0) is 24.6 Å². The summed E-state index contributed by atoms with van der Waals surface area (Å²) in [5.41, 5.74) is 0.219. The van der Waals surface area contributed by atoms with E-state index in [2.05, 4.69) is 12.2 Å². The van der Waals surface area contributed by atoms with E-state index in [1.807, 2.05) is 4.90 Å². The smallest absolute Gasteiger partial charge is 0.254 e. The molecule has 7 heteroatoms. The normalized spacial score (nSPS) is 15.3. The van der Waals surface area contributed by atoms with Gasteiger partial charge in [-0.1, -0.05) is 13.3 Å². The Balaban J connectivity index is 1.80. The summed E-state index contributed by atoms with van der Waals surface area (Å²) >= 11 is 0. The third-order valence-electron chi connectivity index (χ3n) is 4.07. The molecule has 24 heavy (non-hydrogen) atoms. The van der Waals surface area contributed by atoms with Gasteiger partial charge in [-0.3, -0.25) is 14.5 Å². The molecule has 1 fully saturated rings. The first kappa shape index (κ1) is 18.2. The lowest BCUT2D eigenvalue weighted by Crippen LogP contribution is -2.51. The zero-order valence-electron chi connectivity index (χ0n) is 13.9. The second-order valence-corrected chi connectivity index (χ2v) is 5.94. The van der Waals surface area contributed by atoms with Crippen LogP contribution < -0.4 is 5.32 Å². The Morgan fingerprint density at radius 3 is 2.58 bits per heavy atom. The molecule has 2 rings (SSSR count). The lowest BCUT2D eigenvalue weighted by molar-refractivity contribution is -0.122. The Morgan fingerprint density at radius 2 is 1.96 bits per heavy atom. The van der Waals surface area contributed by atoms with Gasteiger partial charge in [0, 0.05) is 38.3 Å². The van der Waals surface area contributed by atoms with Crippen molar-refractivity contribution in [3.05, 3.63) is 29.6 Å². The molecule has 1 aromatic rings. The summed E-state index contributed by atoms with van der Waals surface area (Å²) in [5, 5.41) is 12.1. The maximum Gasteiger partial charge on any atom is 0.254 e. The minimum Gasteiger partial charge on any atom is -0.505 e. The fourth-order valence-electron chi connectivity index (χ4n) is 2.60. The Kier molecular flexibility index (Phi) is 6.54. The molecule has 0 bridgehead atoms. The molecule has 1 aliphatic rings. The third-order valence-corrected chi connectivity index (χ3v) is 4.07. The largest absolute Gasteiger partial charge is 0.505 e. The number of carbonyl (C=O) groups excluding carboxylic acids is 2. The maximum atomic E-state index is 13.4. The molecule has 0 aromatic heterocycles. The number of halogens is 1. The van der Waals surface area contributed by atoms with Gasteiger partial charge in [0.15, 0.2) is 11.6 Å². The summed E-state index contributed by atoms with van der Waals surface area (Å²) in [7, 11) is 0. The van der Waals surface area contributed by atoms with Crippen LogP contribution in [-0.4, -0.2) is 66.0 Å². The predicted molar refractivity (Wildman–Crippen MR) is 88.3 cm³/mol. The fourth-order valence-corrected chi connectivity index (χ4v) is 2.60. The lowest BCUT2D eigenvalue weighted by atomic mass is 10.1. The molecule has 0 aliphatic carbocycles. The Morgan fingerprint density at radius 1 is 1.25 bits per heavy atom. The van der Waals surface area contributed by atoms with Crippen molar-refractivity contribution in [1.29, 1.82) is 0 Å². The molecular formula is C17H24FN3O3. The highest BCUT2D eigenvalue weighted by Crippen LogP contribution is 2.18. The first-order valence-corrected chi connectivity index (χ1v) is 8.28. The molecule has 0 unspecified atom stereocenters. The van der Waals surface area contributed by atoms with E-state index in [1.54, 1.807) is 4.90 Å². The monoisotopic (exact) mass is 337 g/mol. The molecular weight excluding hydrogens is 313 g/mol. The number of benzene rings is 1. The molecule has 0 radical (unpaired) electrons. The van der Waals surface area contributed by atoms with E-state index >= 15 is 0 Å². The number of carbonyl (C=O) groups is 2. The number of unbranched alkanes of at least 4 members (excludes halogenated alkanes) is 1. The molecule has 6 nitrogen and oxygen atoms in total. The number of piperazine rings is 1. The number of phenolic OH excluding ortho intramolecular Hbond substituents is 1. The van der Waals surface area contributed by atoms with E-state index < -0.39 is 11.6 Å². The van der Waals surface area contributed by atoms with Gasteiger partial charge < -0.3 is 15.3 Å². The van der Waals surface area contributed by atoms with E-state index in [0.717, 1.165) is 18.9 Å². The average Bonchev–Trinajstić information content (AvgIpc) is 2.57. The maximum absolute atomic E-state index is 13.4. The number of amides is 2. The number of nitrogens with one attached hydrogen (secondary N) is 1. The quantitative estimate of drug-likeness (QED) is 0.765. The molecule has 1 saturated heterocycles.